The van der Waals surface area contributed by atoms with Gasteiger partial charge >= 0.3 is 0 Å². The van der Waals surface area contributed by atoms with Crippen molar-refractivity contribution in [3.63, 3.8) is 0 Å². The fourth-order valence-electron chi connectivity index (χ4n) is 4.56. The van der Waals surface area contributed by atoms with Crippen LogP contribution in [0.15, 0.2) is 102 Å². The molecule has 1 amide bonds. The predicted octanol–water partition coefficient (Wildman–Crippen LogP) is 7.39. The Morgan fingerprint density at radius 2 is 1.57 bits per heavy atom. The second kappa shape index (κ2) is 8.80. The van der Waals surface area contributed by atoms with Crippen molar-refractivity contribution in [2.24, 2.45) is 0 Å². The van der Waals surface area contributed by atoms with Gasteiger partial charge in [-0.3, -0.25) is 9.69 Å². The first kappa shape index (κ1) is 21.8. The number of aromatic nitrogens is 1. The largest absolute Gasteiger partial charge is 0.342 e. The van der Waals surface area contributed by atoms with Crippen molar-refractivity contribution in [2.45, 2.75) is 6.54 Å². The number of carbonyl (C=O) groups is 1. The Kier molecular flexibility index (Phi) is 5.47. The highest BCUT2D eigenvalue weighted by molar-refractivity contribution is 8.27. The predicted molar refractivity (Wildman–Crippen MR) is 147 cm³/mol. The Bertz CT molecular complexity index is 1650. The van der Waals surface area contributed by atoms with Crippen molar-refractivity contribution in [3.8, 4) is 0 Å². The van der Waals surface area contributed by atoms with Crippen LogP contribution in [0.1, 0.15) is 11.1 Å². The van der Waals surface area contributed by atoms with E-state index in [1.54, 1.807) is 12.1 Å². The van der Waals surface area contributed by atoms with E-state index in [4.69, 9.17) is 12.2 Å². The lowest BCUT2D eigenvalue weighted by atomic mass is 10.0. The molecule has 1 aromatic heterocycles. The Balaban J connectivity index is 1.39. The van der Waals surface area contributed by atoms with E-state index in [9.17, 15) is 9.18 Å². The van der Waals surface area contributed by atoms with Gasteiger partial charge in [0.05, 0.1) is 10.6 Å². The molecule has 4 aromatic carbocycles. The molecule has 0 atom stereocenters. The minimum absolute atomic E-state index is 0.197. The topological polar surface area (TPSA) is 25.2 Å². The summed E-state index contributed by atoms with van der Waals surface area (Å²) in [6, 6.07) is 28.8. The highest BCUT2D eigenvalue weighted by Gasteiger charge is 2.33. The smallest absolute Gasteiger partial charge is 0.270 e. The Labute approximate surface area is 211 Å². The van der Waals surface area contributed by atoms with Crippen LogP contribution >= 0.6 is 24.0 Å². The fourth-order valence-corrected chi connectivity index (χ4v) is 5.85. The summed E-state index contributed by atoms with van der Waals surface area (Å²) in [5.74, 6) is -0.550. The number of rotatable bonds is 4. The molecule has 1 aliphatic heterocycles. The van der Waals surface area contributed by atoms with E-state index < -0.39 is 0 Å². The maximum absolute atomic E-state index is 13.4. The number of fused-ring (bicyclic) bond motifs is 2. The molecule has 2 heterocycles. The summed E-state index contributed by atoms with van der Waals surface area (Å²) in [6.45, 7) is 0.715. The normalized spacial score (nSPS) is 15.1. The van der Waals surface area contributed by atoms with E-state index in [-0.39, 0.29) is 11.7 Å². The molecule has 0 bridgehead atoms. The van der Waals surface area contributed by atoms with Gasteiger partial charge in [0.25, 0.3) is 5.91 Å². The number of amides is 1. The maximum Gasteiger partial charge on any atom is 0.270 e. The highest BCUT2D eigenvalue weighted by Crippen LogP contribution is 2.37. The summed E-state index contributed by atoms with van der Waals surface area (Å²) in [5.41, 5.74) is 3.86. The molecule has 1 saturated heterocycles. The van der Waals surface area contributed by atoms with Crippen LogP contribution < -0.4 is 4.90 Å². The van der Waals surface area contributed by atoms with Gasteiger partial charge in [0.2, 0.25) is 0 Å². The number of carbonyl (C=O) groups excluding carboxylic acids is 1. The third-order valence-corrected chi connectivity index (χ3v) is 7.51. The Hall–Kier alpha value is -3.74. The van der Waals surface area contributed by atoms with Gasteiger partial charge in [-0.25, -0.2) is 4.39 Å². The lowest BCUT2D eigenvalue weighted by Gasteiger charge is -2.14. The van der Waals surface area contributed by atoms with Crippen LogP contribution in [0.4, 0.5) is 10.1 Å². The number of hydrogen-bond acceptors (Lipinski definition) is 3. The number of para-hydroxylation sites is 1. The number of thiocarbonyl (C=S) groups is 1. The van der Waals surface area contributed by atoms with E-state index in [0.717, 1.165) is 16.5 Å². The zero-order valence-electron chi connectivity index (χ0n) is 18.5. The van der Waals surface area contributed by atoms with E-state index >= 15 is 0 Å². The summed E-state index contributed by atoms with van der Waals surface area (Å²) in [7, 11) is 0. The number of benzene rings is 4. The molecule has 6 heteroatoms. The first-order valence-corrected chi connectivity index (χ1v) is 12.4. The van der Waals surface area contributed by atoms with Gasteiger partial charge in [-0.2, -0.15) is 0 Å². The summed E-state index contributed by atoms with van der Waals surface area (Å²) in [4.78, 5) is 15.2. The summed E-state index contributed by atoms with van der Waals surface area (Å²) >= 11 is 6.75. The monoisotopic (exact) mass is 494 g/mol. The lowest BCUT2D eigenvalue weighted by molar-refractivity contribution is -0.113. The number of nitrogens with zero attached hydrogens (tertiary/aromatic N) is 2. The first-order chi connectivity index (χ1) is 17.1. The van der Waals surface area contributed by atoms with Crippen LogP contribution in [0.3, 0.4) is 0 Å². The molecule has 170 valence electrons. The lowest BCUT2D eigenvalue weighted by Crippen LogP contribution is -2.27. The van der Waals surface area contributed by atoms with Gasteiger partial charge in [-0.15, -0.1) is 0 Å². The third-order valence-electron chi connectivity index (χ3n) is 6.21. The van der Waals surface area contributed by atoms with Crippen molar-refractivity contribution in [2.75, 3.05) is 4.90 Å². The molecule has 6 rings (SSSR count). The average molecular weight is 495 g/mol. The first-order valence-electron chi connectivity index (χ1n) is 11.2. The summed E-state index contributed by atoms with van der Waals surface area (Å²) < 4.78 is 16.0. The van der Waals surface area contributed by atoms with Crippen molar-refractivity contribution in [1.29, 1.82) is 0 Å². The minimum atomic E-state index is -0.353. The molecule has 5 aromatic rings. The van der Waals surface area contributed by atoms with Crippen molar-refractivity contribution in [1.82, 2.24) is 4.57 Å². The van der Waals surface area contributed by atoms with Gasteiger partial charge in [0.15, 0.2) is 4.32 Å². The second-order valence-corrected chi connectivity index (χ2v) is 10.0. The third kappa shape index (κ3) is 3.95. The average Bonchev–Trinajstić information content (AvgIpc) is 3.36. The van der Waals surface area contributed by atoms with Crippen LogP contribution in [0.2, 0.25) is 0 Å². The standard InChI is InChI=1S/C29H19FN2OS2/c30-22-12-14-23(15-13-22)32-28(33)27(35-29(32)34)16-21-18-31(26-11-4-3-10-25(21)26)17-20-8-5-7-19-6-1-2-9-24(19)20/h1-16,18H,17H2/b27-16+. The highest BCUT2D eigenvalue weighted by atomic mass is 32.2. The molecule has 1 fully saturated rings. The van der Waals surface area contributed by atoms with Crippen LogP contribution in [0, 0.1) is 5.82 Å². The minimum Gasteiger partial charge on any atom is -0.342 e. The van der Waals surface area contributed by atoms with Crippen LogP contribution in [-0.4, -0.2) is 14.8 Å². The van der Waals surface area contributed by atoms with E-state index in [1.165, 1.54) is 45.1 Å². The quantitative estimate of drug-likeness (QED) is 0.192. The molecule has 0 radical (unpaired) electrons. The number of anilines is 1. The Morgan fingerprint density at radius 1 is 0.857 bits per heavy atom. The molecule has 0 aliphatic carbocycles. The molecule has 1 aliphatic rings. The number of thioether (sulfide) groups is 1. The molecule has 0 N–H and O–H groups in total. The fraction of sp³-hybridized carbons (Fsp3) is 0.0345. The molecule has 3 nitrogen and oxygen atoms in total. The molecular weight excluding hydrogens is 475 g/mol. The van der Waals surface area contributed by atoms with Gasteiger partial charge < -0.3 is 4.57 Å². The number of halogens is 1. The van der Waals surface area contributed by atoms with E-state index in [0.29, 0.717) is 21.5 Å². The summed E-state index contributed by atoms with van der Waals surface area (Å²) in [5, 5.41) is 3.51. The van der Waals surface area contributed by atoms with Crippen LogP contribution in [-0.2, 0) is 11.3 Å². The summed E-state index contributed by atoms with van der Waals surface area (Å²) in [6.07, 6.45) is 4.00. The van der Waals surface area contributed by atoms with Crippen LogP contribution in [0.5, 0.6) is 0 Å². The molecule has 0 spiro atoms. The van der Waals surface area contributed by atoms with Gasteiger partial charge in [0, 0.05) is 29.2 Å². The zero-order chi connectivity index (χ0) is 23.9. The SMILES string of the molecule is O=C1/C(=C\c2cn(Cc3cccc4ccccc34)c3ccccc23)SC(=S)N1c1ccc(F)cc1. The van der Waals surface area contributed by atoms with Gasteiger partial charge in [0.1, 0.15) is 5.82 Å². The second-order valence-electron chi connectivity index (χ2n) is 8.36. The zero-order valence-corrected chi connectivity index (χ0v) is 20.2. The molecule has 0 unspecified atom stereocenters. The van der Waals surface area contributed by atoms with E-state index in [1.807, 2.05) is 18.2 Å². The van der Waals surface area contributed by atoms with Crippen LogP contribution in [0.25, 0.3) is 27.8 Å². The Morgan fingerprint density at radius 3 is 2.40 bits per heavy atom. The number of hydrogen-bond donors (Lipinski definition) is 0. The molecular formula is C29H19FN2OS2. The van der Waals surface area contributed by atoms with Crippen molar-refractivity contribution >= 4 is 67.6 Å². The van der Waals surface area contributed by atoms with Crippen molar-refractivity contribution in [3.05, 3.63) is 119 Å². The van der Waals surface area contributed by atoms with Crippen molar-refractivity contribution < 1.29 is 9.18 Å². The molecule has 35 heavy (non-hydrogen) atoms. The van der Waals surface area contributed by atoms with Gasteiger partial charge in [-0.05, 0) is 52.7 Å². The van der Waals surface area contributed by atoms with E-state index in [2.05, 4.69) is 65.4 Å². The van der Waals surface area contributed by atoms with Gasteiger partial charge in [-0.1, -0.05) is 84.6 Å². The maximum atomic E-state index is 13.4. The molecule has 0 saturated carbocycles.